The third-order valence-electron chi connectivity index (χ3n) is 5.71. The van der Waals surface area contributed by atoms with E-state index >= 15 is 0 Å². The van der Waals surface area contributed by atoms with Gasteiger partial charge in [-0.1, -0.05) is 17.7 Å². The molecular weight excluding hydrogens is 422 g/mol. The number of benzene rings is 1. The summed E-state index contributed by atoms with van der Waals surface area (Å²) in [7, 11) is -3.75. The van der Waals surface area contributed by atoms with E-state index in [1.165, 1.54) is 0 Å². The van der Waals surface area contributed by atoms with Gasteiger partial charge in [-0.05, 0) is 50.3 Å². The first-order chi connectivity index (χ1) is 14.4. The van der Waals surface area contributed by atoms with E-state index in [4.69, 9.17) is 4.74 Å². The molecule has 0 aliphatic carbocycles. The maximum absolute atomic E-state index is 13.2. The number of thioether (sulfide) groups is 1. The molecule has 168 valence electrons. The molecule has 2 fully saturated rings. The molecule has 1 amide bonds. The van der Waals surface area contributed by atoms with Crippen LogP contribution in [0, 0.1) is 6.92 Å². The molecule has 2 unspecified atom stereocenters. The van der Waals surface area contributed by atoms with Crippen molar-refractivity contribution in [1.82, 2.24) is 14.5 Å². The highest BCUT2D eigenvalue weighted by Crippen LogP contribution is 2.17. The number of ether oxygens (including phenoxy) is 1. The van der Waals surface area contributed by atoms with Crippen LogP contribution in [0.1, 0.15) is 24.8 Å². The minimum absolute atomic E-state index is 0.128. The van der Waals surface area contributed by atoms with Crippen LogP contribution in [0.2, 0.25) is 0 Å². The monoisotopic (exact) mass is 455 g/mol. The highest BCUT2D eigenvalue weighted by Gasteiger charge is 2.31. The number of carbonyl (C=O) groups is 1. The van der Waals surface area contributed by atoms with Crippen molar-refractivity contribution >= 4 is 27.7 Å². The van der Waals surface area contributed by atoms with Gasteiger partial charge in [-0.3, -0.25) is 9.69 Å². The summed E-state index contributed by atoms with van der Waals surface area (Å²) in [5, 5.41) is 0. The van der Waals surface area contributed by atoms with Crippen LogP contribution in [0.25, 0.3) is 0 Å². The SMILES string of the molecule is CSCCC(NS(=O)(=O)c1ccc(C)cc1)C(=O)N1CCN(CC2CCCO2)CC1. The third-order valence-corrected chi connectivity index (χ3v) is 7.84. The highest BCUT2D eigenvalue weighted by molar-refractivity contribution is 7.98. The van der Waals surface area contributed by atoms with E-state index in [9.17, 15) is 13.2 Å². The zero-order chi connectivity index (χ0) is 21.6. The molecule has 2 heterocycles. The second kappa shape index (κ2) is 10.9. The van der Waals surface area contributed by atoms with E-state index < -0.39 is 16.1 Å². The second-order valence-electron chi connectivity index (χ2n) is 8.03. The summed E-state index contributed by atoms with van der Waals surface area (Å²) in [6.07, 6.45) is 4.97. The largest absolute Gasteiger partial charge is 0.377 e. The lowest BCUT2D eigenvalue weighted by Crippen LogP contribution is -2.55. The molecular formula is C21H33N3O4S2. The average Bonchev–Trinajstić information content (AvgIpc) is 3.24. The summed E-state index contributed by atoms with van der Waals surface area (Å²) in [6.45, 7) is 6.50. The van der Waals surface area contributed by atoms with Crippen LogP contribution < -0.4 is 4.72 Å². The van der Waals surface area contributed by atoms with Crippen molar-refractivity contribution in [3.63, 3.8) is 0 Å². The third kappa shape index (κ3) is 6.43. The average molecular weight is 456 g/mol. The molecule has 1 aromatic rings. The number of rotatable bonds is 9. The van der Waals surface area contributed by atoms with Crippen molar-refractivity contribution in [2.45, 2.75) is 43.2 Å². The van der Waals surface area contributed by atoms with Gasteiger partial charge < -0.3 is 9.64 Å². The highest BCUT2D eigenvalue weighted by atomic mass is 32.2. The zero-order valence-electron chi connectivity index (χ0n) is 17.9. The molecule has 1 N–H and O–H groups in total. The number of amides is 1. The van der Waals surface area contributed by atoms with E-state index in [2.05, 4.69) is 9.62 Å². The summed E-state index contributed by atoms with van der Waals surface area (Å²) >= 11 is 1.61. The molecule has 7 nitrogen and oxygen atoms in total. The van der Waals surface area contributed by atoms with Gasteiger partial charge in [0, 0.05) is 39.3 Å². The Morgan fingerprint density at radius 1 is 1.23 bits per heavy atom. The number of hydrogen-bond acceptors (Lipinski definition) is 6. The van der Waals surface area contributed by atoms with E-state index in [1.54, 1.807) is 40.9 Å². The fourth-order valence-corrected chi connectivity index (χ4v) is 5.58. The lowest BCUT2D eigenvalue weighted by molar-refractivity contribution is -0.135. The van der Waals surface area contributed by atoms with Gasteiger partial charge in [0.2, 0.25) is 15.9 Å². The molecule has 2 aliphatic rings. The quantitative estimate of drug-likeness (QED) is 0.611. The van der Waals surface area contributed by atoms with E-state index in [-0.39, 0.29) is 10.8 Å². The van der Waals surface area contributed by atoms with Crippen LogP contribution in [0.15, 0.2) is 29.2 Å². The lowest BCUT2D eigenvalue weighted by Gasteiger charge is -2.37. The Morgan fingerprint density at radius 3 is 2.53 bits per heavy atom. The molecule has 3 rings (SSSR count). The first kappa shape index (κ1) is 23.5. The molecule has 9 heteroatoms. The second-order valence-corrected chi connectivity index (χ2v) is 10.7. The van der Waals surface area contributed by atoms with E-state index in [1.807, 2.05) is 13.2 Å². The fourth-order valence-electron chi connectivity index (χ4n) is 3.89. The maximum Gasteiger partial charge on any atom is 0.241 e. The van der Waals surface area contributed by atoms with Crippen LogP contribution in [0.3, 0.4) is 0 Å². The van der Waals surface area contributed by atoms with Crippen molar-refractivity contribution in [2.75, 3.05) is 51.3 Å². The Bertz CT molecular complexity index is 787. The van der Waals surface area contributed by atoms with Crippen molar-refractivity contribution in [3.8, 4) is 0 Å². The number of aryl methyl sites for hydroxylation is 1. The molecule has 30 heavy (non-hydrogen) atoms. The summed E-state index contributed by atoms with van der Waals surface area (Å²) in [5.41, 5.74) is 0.991. The van der Waals surface area contributed by atoms with Gasteiger partial charge in [0.1, 0.15) is 6.04 Å². The van der Waals surface area contributed by atoms with Crippen molar-refractivity contribution in [1.29, 1.82) is 0 Å². The van der Waals surface area contributed by atoms with Gasteiger partial charge in [0.25, 0.3) is 0 Å². The normalized spacial score (nSPS) is 21.7. The minimum Gasteiger partial charge on any atom is -0.377 e. The van der Waals surface area contributed by atoms with Crippen LogP contribution in [-0.4, -0.2) is 87.6 Å². The summed E-state index contributed by atoms with van der Waals surface area (Å²) < 4.78 is 34.1. The first-order valence-electron chi connectivity index (χ1n) is 10.6. The fraction of sp³-hybridized carbons (Fsp3) is 0.667. The van der Waals surface area contributed by atoms with Gasteiger partial charge in [-0.2, -0.15) is 16.5 Å². The number of nitrogens with zero attached hydrogens (tertiary/aromatic N) is 2. The molecule has 2 aliphatic heterocycles. The standard InChI is InChI=1S/C21H33N3O4S2/c1-17-5-7-19(8-6-17)30(26,27)22-20(9-15-29-2)21(25)24-12-10-23(11-13-24)16-18-4-3-14-28-18/h5-8,18,20,22H,3-4,9-16H2,1-2H3. The molecule has 0 spiro atoms. The molecule has 0 aromatic heterocycles. The van der Waals surface area contributed by atoms with Gasteiger partial charge in [0.15, 0.2) is 0 Å². The Morgan fingerprint density at radius 2 is 1.93 bits per heavy atom. The van der Waals surface area contributed by atoms with E-state index in [0.29, 0.717) is 31.4 Å². The Hall–Kier alpha value is -1.13. The molecule has 0 saturated carbocycles. The van der Waals surface area contributed by atoms with Gasteiger partial charge in [-0.15, -0.1) is 0 Å². The number of hydrogen-bond donors (Lipinski definition) is 1. The van der Waals surface area contributed by atoms with Crippen LogP contribution in [-0.2, 0) is 19.6 Å². The van der Waals surface area contributed by atoms with Gasteiger partial charge >= 0.3 is 0 Å². The molecule has 1 aromatic carbocycles. The molecule has 0 radical (unpaired) electrons. The van der Waals surface area contributed by atoms with Crippen molar-refractivity contribution in [2.24, 2.45) is 0 Å². The van der Waals surface area contributed by atoms with Gasteiger partial charge in [0.05, 0.1) is 11.0 Å². The molecule has 2 atom stereocenters. The Balaban J connectivity index is 1.60. The summed E-state index contributed by atoms with van der Waals surface area (Å²) in [5.74, 6) is 0.586. The van der Waals surface area contributed by atoms with Crippen molar-refractivity contribution < 1.29 is 17.9 Å². The van der Waals surface area contributed by atoms with Gasteiger partial charge in [-0.25, -0.2) is 8.42 Å². The number of carbonyl (C=O) groups excluding carboxylic acids is 1. The van der Waals surface area contributed by atoms with Crippen LogP contribution in [0.5, 0.6) is 0 Å². The minimum atomic E-state index is -3.75. The van der Waals surface area contributed by atoms with E-state index in [0.717, 1.165) is 44.6 Å². The number of sulfonamides is 1. The topological polar surface area (TPSA) is 79.0 Å². The molecule has 0 bridgehead atoms. The molecule has 2 saturated heterocycles. The maximum atomic E-state index is 13.2. The van der Waals surface area contributed by atoms with Crippen LogP contribution in [0.4, 0.5) is 0 Å². The smallest absolute Gasteiger partial charge is 0.241 e. The lowest BCUT2D eigenvalue weighted by atomic mass is 10.1. The predicted molar refractivity (Wildman–Crippen MR) is 120 cm³/mol. The Kier molecular flexibility index (Phi) is 8.59. The Labute approximate surface area is 184 Å². The first-order valence-corrected chi connectivity index (χ1v) is 13.5. The van der Waals surface area contributed by atoms with Crippen LogP contribution >= 0.6 is 11.8 Å². The summed E-state index contributed by atoms with van der Waals surface area (Å²) in [4.78, 5) is 17.5. The number of piperazine rings is 1. The summed E-state index contributed by atoms with van der Waals surface area (Å²) in [6, 6.07) is 5.95. The number of nitrogens with one attached hydrogen (secondary N) is 1. The predicted octanol–water partition coefficient (Wildman–Crippen LogP) is 1.72. The van der Waals surface area contributed by atoms with Crippen molar-refractivity contribution in [3.05, 3.63) is 29.8 Å². The zero-order valence-corrected chi connectivity index (χ0v) is 19.5.